The maximum atomic E-state index is 12.3. The van der Waals surface area contributed by atoms with Crippen LogP contribution in [0.1, 0.15) is 18.1 Å². The van der Waals surface area contributed by atoms with Crippen LogP contribution in [0.4, 0.5) is 0 Å². The van der Waals surface area contributed by atoms with Gasteiger partial charge in [0.1, 0.15) is 40.0 Å². The Morgan fingerprint density at radius 2 is 1.94 bits per heavy atom. The first-order valence-corrected chi connectivity index (χ1v) is 8.93. The molecule has 0 radical (unpaired) electrons. The van der Waals surface area contributed by atoms with Gasteiger partial charge in [-0.05, 0) is 42.8 Å². The molecule has 1 aromatic heterocycles. The van der Waals surface area contributed by atoms with Crippen molar-refractivity contribution in [3.05, 3.63) is 69.6 Å². The van der Waals surface area contributed by atoms with E-state index in [0.29, 0.717) is 11.3 Å². The molecule has 9 heteroatoms. The van der Waals surface area contributed by atoms with Crippen LogP contribution in [0.2, 0.25) is 0 Å². The standard InChI is InChI=1S/C22H17N3O6/c1-12(19-20(27)17-8-5-15(26)10-18(17)31-22(19)29)24-25-21(28)14(11-23)9-13-3-6-16(30-2)7-4-13/h3-10,26-27H,1-2H3,(H,25,28)/b14-9+,24-12+. The molecule has 2 aromatic carbocycles. The molecule has 156 valence electrons. The number of fused-ring (bicyclic) bond motifs is 1. The molecule has 0 aliphatic rings. The molecule has 0 saturated carbocycles. The van der Waals surface area contributed by atoms with Gasteiger partial charge in [-0.1, -0.05) is 12.1 Å². The lowest BCUT2D eigenvalue weighted by atomic mass is 10.1. The Morgan fingerprint density at radius 1 is 1.23 bits per heavy atom. The van der Waals surface area contributed by atoms with E-state index in [1.165, 1.54) is 38.3 Å². The van der Waals surface area contributed by atoms with Gasteiger partial charge < -0.3 is 19.4 Å². The number of carbonyl (C=O) groups is 1. The van der Waals surface area contributed by atoms with Gasteiger partial charge in [-0.2, -0.15) is 10.4 Å². The van der Waals surface area contributed by atoms with E-state index < -0.39 is 17.3 Å². The van der Waals surface area contributed by atoms with Gasteiger partial charge in [-0.25, -0.2) is 10.2 Å². The van der Waals surface area contributed by atoms with Gasteiger partial charge >= 0.3 is 5.63 Å². The zero-order valence-electron chi connectivity index (χ0n) is 16.5. The highest BCUT2D eigenvalue weighted by molar-refractivity contribution is 6.06. The van der Waals surface area contributed by atoms with Crippen molar-refractivity contribution in [2.24, 2.45) is 5.10 Å². The Morgan fingerprint density at radius 3 is 2.58 bits per heavy atom. The van der Waals surface area contributed by atoms with Crippen LogP contribution in [0.25, 0.3) is 17.0 Å². The first-order valence-electron chi connectivity index (χ1n) is 8.93. The summed E-state index contributed by atoms with van der Waals surface area (Å²) < 4.78 is 10.2. The lowest BCUT2D eigenvalue weighted by Crippen LogP contribution is -2.22. The molecule has 3 rings (SSSR count). The maximum Gasteiger partial charge on any atom is 0.349 e. The number of benzene rings is 2. The van der Waals surface area contributed by atoms with Crippen molar-refractivity contribution in [1.82, 2.24) is 5.43 Å². The summed E-state index contributed by atoms with van der Waals surface area (Å²) in [6.45, 7) is 1.39. The van der Waals surface area contributed by atoms with Gasteiger partial charge in [0.15, 0.2) is 0 Å². The second kappa shape index (κ2) is 8.84. The average Bonchev–Trinajstić information content (AvgIpc) is 2.75. The van der Waals surface area contributed by atoms with E-state index in [0.717, 1.165) is 0 Å². The molecule has 0 fully saturated rings. The molecule has 0 unspecified atom stereocenters. The first kappa shape index (κ1) is 21.1. The van der Waals surface area contributed by atoms with Crippen molar-refractivity contribution >= 4 is 28.7 Å². The van der Waals surface area contributed by atoms with Crippen molar-refractivity contribution in [1.29, 1.82) is 5.26 Å². The molecule has 0 atom stereocenters. The third-order valence-corrected chi connectivity index (χ3v) is 4.34. The minimum atomic E-state index is -0.902. The van der Waals surface area contributed by atoms with E-state index in [2.05, 4.69) is 10.5 Å². The normalized spacial score (nSPS) is 11.8. The molecular formula is C22H17N3O6. The molecule has 0 aliphatic carbocycles. The van der Waals surface area contributed by atoms with Crippen LogP contribution in [0, 0.1) is 11.3 Å². The quantitative estimate of drug-likeness (QED) is 0.189. The largest absolute Gasteiger partial charge is 0.508 e. The zero-order chi connectivity index (χ0) is 22.5. The van der Waals surface area contributed by atoms with Crippen LogP contribution in [-0.4, -0.2) is 28.9 Å². The Balaban J connectivity index is 1.87. The fourth-order valence-corrected chi connectivity index (χ4v) is 2.76. The van der Waals surface area contributed by atoms with Gasteiger partial charge in [-0.3, -0.25) is 4.79 Å². The summed E-state index contributed by atoms with van der Waals surface area (Å²) in [6, 6.07) is 12.4. The number of ether oxygens (including phenoxy) is 1. The second-order valence-corrected chi connectivity index (χ2v) is 6.37. The van der Waals surface area contributed by atoms with Crippen molar-refractivity contribution in [2.45, 2.75) is 6.92 Å². The van der Waals surface area contributed by atoms with Crippen molar-refractivity contribution in [2.75, 3.05) is 7.11 Å². The van der Waals surface area contributed by atoms with Crippen LogP contribution in [0.3, 0.4) is 0 Å². The predicted octanol–water partition coefficient (Wildman–Crippen LogP) is 2.66. The van der Waals surface area contributed by atoms with Crippen molar-refractivity contribution in [3.8, 4) is 23.3 Å². The third-order valence-electron chi connectivity index (χ3n) is 4.34. The smallest absolute Gasteiger partial charge is 0.349 e. The first-order chi connectivity index (χ1) is 14.8. The van der Waals surface area contributed by atoms with E-state index >= 15 is 0 Å². The number of carbonyl (C=O) groups excluding carboxylic acids is 1. The molecule has 0 saturated heterocycles. The second-order valence-electron chi connectivity index (χ2n) is 6.37. The number of methoxy groups -OCH3 is 1. The SMILES string of the molecule is COc1ccc(/C=C(\C#N)C(=O)N/N=C(\C)c2c(O)c3ccc(O)cc3oc2=O)cc1. The molecule has 9 nitrogen and oxygen atoms in total. The zero-order valence-corrected chi connectivity index (χ0v) is 16.5. The highest BCUT2D eigenvalue weighted by Gasteiger charge is 2.18. The Kier molecular flexibility index (Phi) is 6.02. The van der Waals surface area contributed by atoms with Gasteiger partial charge in [0.25, 0.3) is 5.91 Å². The minimum Gasteiger partial charge on any atom is -0.508 e. The minimum absolute atomic E-state index is 0.00252. The lowest BCUT2D eigenvalue weighted by molar-refractivity contribution is -0.117. The van der Waals surface area contributed by atoms with E-state index in [-0.39, 0.29) is 33.6 Å². The summed E-state index contributed by atoms with van der Waals surface area (Å²) >= 11 is 0. The van der Waals surface area contributed by atoms with Crippen LogP contribution in [0.5, 0.6) is 17.2 Å². The van der Waals surface area contributed by atoms with Gasteiger partial charge in [0.05, 0.1) is 18.2 Å². The molecule has 0 spiro atoms. The molecule has 1 amide bonds. The Bertz CT molecular complexity index is 1310. The summed E-state index contributed by atoms with van der Waals surface area (Å²) in [7, 11) is 1.52. The number of nitriles is 1. The number of amides is 1. The van der Waals surface area contributed by atoms with Crippen molar-refractivity contribution in [3.63, 3.8) is 0 Å². The predicted molar refractivity (Wildman–Crippen MR) is 113 cm³/mol. The van der Waals surface area contributed by atoms with Crippen LogP contribution in [0.15, 0.2) is 62.4 Å². The topological polar surface area (TPSA) is 145 Å². The highest BCUT2D eigenvalue weighted by atomic mass is 16.5. The van der Waals surface area contributed by atoms with Crippen molar-refractivity contribution < 1.29 is 24.2 Å². The summed E-state index contributed by atoms with van der Waals surface area (Å²) in [5.41, 5.74) is 1.38. The number of hydrogen-bond donors (Lipinski definition) is 3. The number of phenolic OH excluding ortho intramolecular Hbond substituents is 1. The van der Waals surface area contributed by atoms with Crippen LogP contribution >= 0.6 is 0 Å². The van der Waals surface area contributed by atoms with Gasteiger partial charge in [-0.15, -0.1) is 0 Å². The van der Waals surface area contributed by atoms with Gasteiger partial charge in [0, 0.05) is 6.07 Å². The maximum absolute atomic E-state index is 12.3. The molecule has 3 aromatic rings. The highest BCUT2D eigenvalue weighted by Crippen LogP contribution is 2.29. The van der Waals surface area contributed by atoms with Crippen LogP contribution < -0.4 is 15.8 Å². The van der Waals surface area contributed by atoms with E-state index in [1.807, 2.05) is 0 Å². The number of aromatic hydroxyl groups is 2. The van der Waals surface area contributed by atoms with E-state index in [9.17, 15) is 25.1 Å². The lowest BCUT2D eigenvalue weighted by Gasteiger charge is -2.07. The summed E-state index contributed by atoms with van der Waals surface area (Å²) in [4.78, 5) is 24.6. The summed E-state index contributed by atoms with van der Waals surface area (Å²) in [6.07, 6.45) is 1.37. The van der Waals surface area contributed by atoms with Crippen LogP contribution in [-0.2, 0) is 4.79 Å². The number of rotatable bonds is 5. The van der Waals surface area contributed by atoms with E-state index in [1.54, 1.807) is 30.3 Å². The average molecular weight is 419 g/mol. The third kappa shape index (κ3) is 4.54. The molecule has 0 bridgehead atoms. The molecule has 0 aliphatic heterocycles. The fourth-order valence-electron chi connectivity index (χ4n) is 2.76. The van der Waals surface area contributed by atoms with Gasteiger partial charge in [0.2, 0.25) is 0 Å². The monoisotopic (exact) mass is 419 g/mol. The number of nitrogens with zero attached hydrogens (tertiary/aromatic N) is 2. The number of nitrogens with one attached hydrogen (secondary N) is 1. The molecular weight excluding hydrogens is 402 g/mol. The Labute approximate surface area is 176 Å². The van der Waals surface area contributed by atoms with E-state index in [4.69, 9.17) is 9.15 Å². The molecule has 1 heterocycles. The summed E-state index contributed by atoms with van der Waals surface area (Å²) in [5.74, 6) is -0.707. The number of hydrazone groups is 1. The number of phenols is 1. The Hall–Kier alpha value is -4.58. The fraction of sp³-hybridized carbons (Fsp3) is 0.0909. The summed E-state index contributed by atoms with van der Waals surface area (Å²) in [5, 5.41) is 33.2. The molecule has 31 heavy (non-hydrogen) atoms. The number of hydrogen-bond acceptors (Lipinski definition) is 8. The molecule has 3 N–H and O–H groups in total.